The topological polar surface area (TPSA) is 189 Å². The van der Waals surface area contributed by atoms with Crippen molar-refractivity contribution in [2.24, 2.45) is 89.2 Å². The van der Waals surface area contributed by atoms with Gasteiger partial charge in [-0.3, -0.25) is 9.69 Å². The number of methoxy groups -OCH3 is 1. The van der Waals surface area contributed by atoms with Crippen LogP contribution in [0.3, 0.4) is 0 Å². The van der Waals surface area contributed by atoms with Crippen molar-refractivity contribution in [2.45, 2.75) is 520 Å². The van der Waals surface area contributed by atoms with E-state index in [1.807, 2.05) is 30.6 Å². The first-order valence-electron chi connectivity index (χ1n) is 58.8. The predicted octanol–water partition coefficient (Wildman–Crippen LogP) is 32.1. The van der Waals surface area contributed by atoms with Crippen LogP contribution in [0, 0.1) is 89.2 Å². The Bertz CT molecular complexity index is 3190. The predicted molar refractivity (Wildman–Crippen MR) is 636 cm³/mol. The summed E-state index contributed by atoms with van der Waals surface area (Å²) < 4.78 is 76.7. The molecule has 8 rings (SSSR count). The van der Waals surface area contributed by atoms with E-state index in [2.05, 4.69) is 295 Å². The van der Waals surface area contributed by atoms with Crippen LogP contribution in [-0.2, 0) is 53.1 Å². The molecule has 1 unspecified atom stereocenters. The molecule has 0 aromatic heterocycles. The first-order valence-corrected chi connectivity index (χ1v) is 62.3. The minimum atomic E-state index is -2.99. The molecule has 0 aromatic rings. The Morgan fingerprint density at radius 3 is 1.08 bits per heavy atom. The van der Waals surface area contributed by atoms with Crippen LogP contribution in [0.15, 0.2) is 0 Å². The Hall–Kier alpha value is -1.76. The second-order valence-electron chi connectivity index (χ2n) is 59.7. The lowest BCUT2D eigenvalue weighted by Crippen LogP contribution is -2.41. The largest absolute Gasteiger partial charge is 0.444 e. The van der Waals surface area contributed by atoms with Gasteiger partial charge in [0.05, 0.1) is 37.4 Å². The second-order valence-corrected chi connectivity index (χ2v) is 64.5. The molecule has 2 amide bonds. The molecule has 0 aliphatic carbocycles. The van der Waals surface area contributed by atoms with Crippen LogP contribution in [0.5, 0.6) is 0 Å². The van der Waals surface area contributed by atoms with Crippen LogP contribution in [0.4, 0.5) is 4.79 Å². The standard InChI is InChI=1S/C16H31NO2.3C11H23N.C11H22O.C10H19NO2.C10H21NO.C10H20O.C8H19NO2S.C7H16O.C7H16.C6H14O2S.C6H14/c1-15(2,3)10-7-13-8-11-17(12-9-13)14(18)19-16(4,5)6;1-11(2,3)9-10-7-5-6-8-12(10)4;1-10(2)4-5-11-6-8-12(3)9-7-11;1-11(2,3)7-10-12-8-5-4-6-9-12;1-11(2,3)7-4-10-5-8-12-9-6-10;1-10(2,3)8-9(12)11-4-6-13-7-5-11;1-10(2,3)4-5-11-6-8-12-9-7-11;1-10(2,3)8-9-4-6-11-7-5-9;1-8(2,3)6-5-7-9-12(4,10)11;1-7(2,3)5-6-8-4;1-5-6-7(2,3)4;1-5-9(7,8)6(2,3)4;1-5-6(2,3)4/h13H,7-12H2,1-6H3;10H,5-9H2,1-4H3;10-11H,4-9H2,1-3H3;4-10H2,1-3H3;10H,4-9H2,1-3H3;4-8H2,1-3H3;4-9H2,1-3H3;9H,4-8H2,1-3H3;9H,5-7H2,1-4H3;5-6H2,1-4H3;5-6H2,1-4H3;5H2,1-4H3;5H2,1-4H3. The molecule has 0 aromatic carbocycles. The highest BCUT2D eigenvalue weighted by atomic mass is 32.2. The first kappa shape index (κ1) is 152. The fraction of sp³-hybridized carbons (Fsp3) is 0.984. The number of carbonyl (C=O) groups is 2. The molecule has 876 valence electrons. The smallest absolute Gasteiger partial charge is 0.410 e. The Morgan fingerprint density at radius 2 is 0.752 bits per heavy atom. The second kappa shape index (κ2) is 76.8. The average Bonchev–Trinajstić information content (AvgIpc) is 0.853. The summed E-state index contributed by atoms with van der Waals surface area (Å²) in [6, 6.07) is 0.846. The number of nitrogens with zero attached hydrogens (tertiary/aromatic N) is 6. The van der Waals surface area contributed by atoms with Crippen LogP contribution in [0.2, 0.25) is 0 Å². The molecule has 1 atom stereocenters. The van der Waals surface area contributed by atoms with Crippen molar-refractivity contribution >= 4 is 31.9 Å². The highest BCUT2D eigenvalue weighted by molar-refractivity contribution is 7.92. The van der Waals surface area contributed by atoms with E-state index in [1.165, 1.54) is 213 Å². The van der Waals surface area contributed by atoms with E-state index >= 15 is 0 Å². The average molecular weight is 2110 g/mol. The third kappa shape index (κ3) is 110. The third-order valence-electron chi connectivity index (χ3n) is 27.1. The molecular weight excluding hydrogens is 1840 g/mol. The molecule has 21 heteroatoms. The molecule has 19 nitrogen and oxygen atoms in total. The number of piperidine rings is 4. The normalized spacial score (nSPS) is 18.9. The number of morpholine rings is 2. The van der Waals surface area contributed by atoms with Crippen molar-refractivity contribution in [3.05, 3.63) is 0 Å². The Balaban J connectivity index is -0.000000492. The zero-order chi connectivity index (χ0) is 113. The third-order valence-corrected chi connectivity index (χ3v) is 30.4. The maximum Gasteiger partial charge on any atom is 0.410 e. The maximum absolute atomic E-state index is 11.9. The monoisotopic (exact) mass is 2100 g/mol. The lowest BCUT2D eigenvalue weighted by atomic mass is 9.81. The molecule has 8 aliphatic rings. The number of hydrogen-bond acceptors (Lipinski definition) is 16. The summed E-state index contributed by atoms with van der Waals surface area (Å²) in [5.74, 6) is 5.06. The van der Waals surface area contributed by atoms with Gasteiger partial charge < -0.3 is 52.9 Å². The number of sulfonamides is 1. The van der Waals surface area contributed by atoms with Crippen LogP contribution in [-0.4, -0.2) is 259 Å². The van der Waals surface area contributed by atoms with Gasteiger partial charge in [-0.25, -0.2) is 26.4 Å². The van der Waals surface area contributed by atoms with Crippen molar-refractivity contribution in [3.63, 3.8) is 0 Å². The van der Waals surface area contributed by atoms with E-state index < -0.39 is 24.6 Å². The summed E-state index contributed by atoms with van der Waals surface area (Å²) in [5.41, 5.74) is 4.42. The SMILES string of the molecule is CC(C)(C)CC(=O)N1CCOCC1.CC(C)(C)CC1CCOCC1.CC(C)(C)CCC1CCN(C(=O)OC(C)(C)C)CC1.CC(C)(C)CCC1CCOCC1.CC(C)(C)CCCNS(C)(=O)=O.CC(C)(C)CCN1CCCCC1.CC(C)(C)CCN1CCOCC1.CC(C)CCC1CCN(C)CC1.CCC(C)(C)C.CCCC(C)(C)C.CCS(=O)(=O)C(C)(C)C.CN1CCCCC1CC(C)(C)C.COCCC(C)(C)C. The van der Waals surface area contributed by atoms with E-state index in [9.17, 15) is 26.4 Å². The minimum Gasteiger partial charge on any atom is -0.444 e. The van der Waals surface area contributed by atoms with Crippen LogP contribution < -0.4 is 4.72 Å². The number of ether oxygens (including phenoxy) is 6. The molecule has 0 radical (unpaired) electrons. The highest BCUT2D eigenvalue weighted by Crippen LogP contribution is 2.35. The van der Waals surface area contributed by atoms with Crippen LogP contribution >= 0.6 is 0 Å². The number of carbonyl (C=O) groups excluding carboxylic acids is 2. The quantitative estimate of drug-likeness (QED) is 0.101. The molecule has 8 aliphatic heterocycles. The van der Waals surface area contributed by atoms with Gasteiger partial charge in [0.2, 0.25) is 15.9 Å². The van der Waals surface area contributed by atoms with Crippen molar-refractivity contribution in [2.75, 3.05) is 184 Å². The van der Waals surface area contributed by atoms with E-state index in [0.29, 0.717) is 80.3 Å². The number of sulfone groups is 1. The lowest BCUT2D eigenvalue weighted by molar-refractivity contribution is -0.137. The van der Waals surface area contributed by atoms with Crippen LogP contribution in [0.25, 0.3) is 0 Å². The molecule has 8 saturated heterocycles. The first-order chi connectivity index (χ1) is 65.7. The molecular formula is C124H261N7O12S2. The molecule has 0 spiro atoms. The van der Waals surface area contributed by atoms with Gasteiger partial charge in [-0.1, -0.05) is 302 Å². The highest BCUT2D eigenvalue weighted by Gasteiger charge is 2.32. The molecule has 8 heterocycles. The molecule has 8 fully saturated rings. The fourth-order valence-electron chi connectivity index (χ4n) is 16.7. The van der Waals surface area contributed by atoms with Crippen LogP contribution in [0.1, 0.15) is 504 Å². The number of rotatable bonds is 22. The van der Waals surface area contributed by atoms with Gasteiger partial charge in [-0.05, 0) is 345 Å². The van der Waals surface area contributed by atoms with Gasteiger partial charge in [0, 0.05) is 104 Å². The maximum atomic E-state index is 11.9. The summed E-state index contributed by atoms with van der Waals surface area (Å²) in [4.78, 5) is 37.5. The summed E-state index contributed by atoms with van der Waals surface area (Å²) >= 11 is 0. The van der Waals surface area contributed by atoms with Gasteiger partial charge in [0.25, 0.3) is 0 Å². The van der Waals surface area contributed by atoms with Gasteiger partial charge in [-0.15, -0.1) is 0 Å². The molecule has 1 N–H and O–H groups in total. The summed E-state index contributed by atoms with van der Waals surface area (Å²) in [7, 11) is 0.422. The Labute approximate surface area is 908 Å². The van der Waals surface area contributed by atoms with E-state index in [0.717, 1.165) is 153 Å². The zero-order valence-corrected chi connectivity index (χ0v) is 108. The molecule has 145 heavy (non-hydrogen) atoms. The van der Waals surface area contributed by atoms with Gasteiger partial charge in [-0.2, -0.15) is 0 Å². The van der Waals surface area contributed by atoms with E-state index in [1.54, 1.807) is 34.8 Å². The van der Waals surface area contributed by atoms with Crippen molar-refractivity contribution < 1.29 is 54.8 Å². The van der Waals surface area contributed by atoms with Crippen molar-refractivity contribution in [1.82, 2.24) is 34.1 Å². The minimum absolute atomic E-state index is 0.0926. The zero-order valence-electron chi connectivity index (χ0n) is 107. The fourth-order valence-corrected chi connectivity index (χ4v) is 18.1. The van der Waals surface area contributed by atoms with Gasteiger partial charge in [0.15, 0.2) is 9.84 Å². The lowest BCUT2D eigenvalue weighted by Gasteiger charge is -2.36. The van der Waals surface area contributed by atoms with Crippen molar-refractivity contribution in [3.8, 4) is 0 Å². The number of nitrogens with one attached hydrogen (secondary N) is 1. The van der Waals surface area contributed by atoms with Crippen molar-refractivity contribution in [1.29, 1.82) is 0 Å². The number of hydrogen-bond donors (Lipinski definition) is 1. The Kier molecular flexibility index (Phi) is 80.3. The summed E-state index contributed by atoms with van der Waals surface area (Å²) in [6.45, 7) is 120. The Morgan fingerprint density at radius 1 is 0.379 bits per heavy atom. The summed E-state index contributed by atoms with van der Waals surface area (Å²) in [6.07, 6.45) is 41.0. The number of likely N-dealkylation sites (tertiary alicyclic amines) is 4. The number of amides is 2. The van der Waals surface area contributed by atoms with E-state index in [4.69, 9.17) is 28.4 Å². The van der Waals surface area contributed by atoms with E-state index in [-0.39, 0.29) is 28.8 Å². The molecule has 0 bridgehead atoms. The molecule has 0 saturated carbocycles. The van der Waals surface area contributed by atoms with Gasteiger partial charge >= 0.3 is 6.09 Å². The van der Waals surface area contributed by atoms with Gasteiger partial charge in [0.1, 0.15) is 5.60 Å². The summed E-state index contributed by atoms with van der Waals surface area (Å²) in [5, 5.41) is 0.